The van der Waals surface area contributed by atoms with Gasteiger partial charge in [0.1, 0.15) is 11.4 Å². The Kier molecular flexibility index (Phi) is 4.98. The van der Waals surface area contributed by atoms with Gasteiger partial charge in [0.15, 0.2) is 0 Å². The lowest BCUT2D eigenvalue weighted by molar-refractivity contribution is 0.0585. The van der Waals surface area contributed by atoms with Gasteiger partial charge < -0.3 is 14.8 Å². The van der Waals surface area contributed by atoms with Gasteiger partial charge in [-0.3, -0.25) is 4.79 Å². The molecular weight excluding hydrogens is 302 g/mol. The maximum atomic E-state index is 12.1. The number of esters is 2. The highest BCUT2D eigenvalue weighted by Gasteiger charge is 2.11. The van der Waals surface area contributed by atoms with E-state index < -0.39 is 17.8 Å². The fraction of sp³-hybridized carbons (Fsp3) is 0.133. The first kappa shape index (κ1) is 16.1. The lowest BCUT2D eigenvalue weighted by Gasteiger charge is -2.06. The zero-order chi connectivity index (χ0) is 16.8. The van der Waals surface area contributed by atoms with Gasteiger partial charge in [-0.15, -0.1) is 0 Å². The maximum Gasteiger partial charge on any atom is 0.356 e. The Morgan fingerprint density at radius 2 is 1.43 bits per heavy atom. The van der Waals surface area contributed by atoms with Crippen LogP contribution in [0, 0.1) is 0 Å². The van der Waals surface area contributed by atoms with Crippen LogP contribution < -0.4 is 5.32 Å². The van der Waals surface area contributed by atoms with Crippen LogP contribution in [-0.2, 0) is 9.47 Å². The van der Waals surface area contributed by atoms with Crippen molar-refractivity contribution >= 4 is 23.5 Å². The number of anilines is 1. The van der Waals surface area contributed by atoms with Crippen molar-refractivity contribution in [1.82, 2.24) is 9.97 Å². The van der Waals surface area contributed by atoms with Gasteiger partial charge >= 0.3 is 11.9 Å². The molecule has 1 amide bonds. The van der Waals surface area contributed by atoms with E-state index in [1.807, 2.05) is 0 Å². The first-order valence-corrected chi connectivity index (χ1v) is 6.45. The first-order chi connectivity index (χ1) is 11.0. The van der Waals surface area contributed by atoms with Crippen molar-refractivity contribution in [2.75, 3.05) is 19.5 Å². The van der Waals surface area contributed by atoms with E-state index in [0.29, 0.717) is 5.69 Å². The summed E-state index contributed by atoms with van der Waals surface area (Å²) >= 11 is 0. The van der Waals surface area contributed by atoms with E-state index >= 15 is 0 Å². The van der Waals surface area contributed by atoms with Crippen LogP contribution in [0.4, 0.5) is 5.69 Å². The second-order valence-corrected chi connectivity index (χ2v) is 4.30. The molecule has 0 aliphatic heterocycles. The SMILES string of the molecule is COC(=O)c1ccc(NC(=O)c2ccc(C(=O)OC)nc2)cn1. The average molecular weight is 315 g/mol. The smallest absolute Gasteiger partial charge is 0.356 e. The molecule has 0 aliphatic rings. The number of pyridine rings is 2. The largest absolute Gasteiger partial charge is 0.464 e. The number of rotatable bonds is 4. The minimum absolute atomic E-state index is 0.105. The van der Waals surface area contributed by atoms with Crippen molar-refractivity contribution in [2.45, 2.75) is 0 Å². The second-order valence-electron chi connectivity index (χ2n) is 4.30. The summed E-state index contributed by atoms with van der Waals surface area (Å²) in [4.78, 5) is 42.3. The van der Waals surface area contributed by atoms with Crippen LogP contribution in [0.2, 0.25) is 0 Å². The molecule has 1 N–H and O–H groups in total. The fourth-order valence-electron chi connectivity index (χ4n) is 1.65. The van der Waals surface area contributed by atoms with Crippen LogP contribution in [0.25, 0.3) is 0 Å². The van der Waals surface area contributed by atoms with Crippen molar-refractivity contribution in [1.29, 1.82) is 0 Å². The topological polar surface area (TPSA) is 107 Å². The quantitative estimate of drug-likeness (QED) is 0.847. The van der Waals surface area contributed by atoms with Gasteiger partial charge in [-0.2, -0.15) is 0 Å². The normalized spacial score (nSPS) is 9.83. The Labute approximate surface area is 131 Å². The van der Waals surface area contributed by atoms with E-state index in [1.165, 1.54) is 50.9 Å². The van der Waals surface area contributed by atoms with Crippen molar-refractivity contribution in [3.05, 3.63) is 53.6 Å². The van der Waals surface area contributed by atoms with Gasteiger partial charge in [-0.25, -0.2) is 19.6 Å². The highest BCUT2D eigenvalue weighted by Crippen LogP contribution is 2.10. The third kappa shape index (κ3) is 3.88. The number of carbonyl (C=O) groups is 3. The molecule has 2 rings (SSSR count). The summed E-state index contributed by atoms with van der Waals surface area (Å²) in [7, 11) is 2.50. The predicted octanol–water partition coefficient (Wildman–Crippen LogP) is 1.30. The molecule has 0 radical (unpaired) electrons. The maximum absolute atomic E-state index is 12.1. The summed E-state index contributed by atoms with van der Waals surface area (Å²) in [6, 6.07) is 5.79. The zero-order valence-electron chi connectivity index (χ0n) is 12.4. The van der Waals surface area contributed by atoms with Crippen LogP contribution in [-0.4, -0.2) is 42.0 Å². The van der Waals surface area contributed by atoms with E-state index in [0.717, 1.165) is 0 Å². The van der Waals surface area contributed by atoms with Crippen LogP contribution in [0.15, 0.2) is 36.7 Å². The molecule has 0 saturated heterocycles. The molecule has 0 aromatic carbocycles. The summed E-state index contributed by atoms with van der Waals surface area (Å²) in [5.41, 5.74) is 0.900. The van der Waals surface area contributed by atoms with E-state index in [4.69, 9.17) is 0 Å². The molecule has 0 atom stereocenters. The van der Waals surface area contributed by atoms with E-state index in [-0.39, 0.29) is 17.0 Å². The summed E-state index contributed by atoms with van der Waals surface area (Å²) in [6.07, 6.45) is 2.60. The number of carbonyl (C=O) groups excluding carboxylic acids is 3. The Balaban J connectivity index is 2.06. The highest BCUT2D eigenvalue weighted by molar-refractivity contribution is 6.04. The van der Waals surface area contributed by atoms with Gasteiger partial charge in [0.05, 0.1) is 31.7 Å². The molecule has 8 heteroatoms. The lowest BCUT2D eigenvalue weighted by atomic mass is 10.2. The van der Waals surface area contributed by atoms with Gasteiger partial charge in [0.25, 0.3) is 5.91 Å². The van der Waals surface area contributed by atoms with Crippen molar-refractivity contribution in [2.24, 2.45) is 0 Å². The number of nitrogens with zero attached hydrogens (tertiary/aromatic N) is 2. The number of methoxy groups -OCH3 is 2. The molecule has 2 aromatic rings. The molecule has 118 valence electrons. The molecule has 0 bridgehead atoms. The summed E-state index contributed by atoms with van der Waals surface area (Å²) in [5.74, 6) is -1.58. The molecular formula is C15H13N3O5. The first-order valence-electron chi connectivity index (χ1n) is 6.45. The highest BCUT2D eigenvalue weighted by atomic mass is 16.5. The molecule has 0 fully saturated rings. The summed E-state index contributed by atoms with van der Waals surface area (Å²) in [6.45, 7) is 0. The molecule has 2 aromatic heterocycles. The molecule has 8 nitrogen and oxygen atoms in total. The number of hydrogen-bond donors (Lipinski definition) is 1. The Morgan fingerprint density at radius 1 is 0.870 bits per heavy atom. The van der Waals surface area contributed by atoms with Crippen molar-refractivity contribution in [3.63, 3.8) is 0 Å². The zero-order valence-corrected chi connectivity index (χ0v) is 12.4. The van der Waals surface area contributed by atoms with Gasteiger partial charge in [0.2, 0.25) is 0 Å². The number of nitrogens with one attached hydrogen (secondary N) is 1. The van der Waals surface area contributed by atoms with Crippen LogP contribution >= 0.6 is 0 Å². The van der Waals surface area contributed by atoms with E-state index in [2.05, 4.69) is 24.8 Å². The number of ether oxygens (including phenoxy) is 2. The molecule has 0 saturated carbocycles. The van der Waals surface area contributed by atoms with Crippen LogP contribution in [0.1, 0.15) is 31.3 Å². The molecule has 23 heavy (non-hydrogen) atoms. The van der Waals surface area contributed by atoms with E-state index in [1.54, 1.807) is 0 Å². The minimum Gasteiger partial charge on any atom is -0.464 e. The van der Waals surface area contributed by atoms with E-state index in [9.17, 15) is 14.4 Å². The fourth-order valence-corrected chi connectivity index (χ4v) is 1.65. The summed E-state index contributed by atoms with van der Waals surface area (Å²) in [5, 5.41) is 2.60. The number of hydrogen-bond acceptors (Lipinski definition) is 7. The third-order valence-corrected chi connectivity index (χ3v) is 2.84. The predicted molar refractivity (Wildman–Crippen MR) is 79.1 cm³/mol. The Morgan fingerprint density at radius 3 is 1.87 bits per heavy atom. The van der Waals surface area contributed by atoms with Crippen molar-refractivity contribution in [3.8, 4) is 0 Å². The molecule has 0 spiro atoms. The molecule has 2 heterocycles. The van der Waals surface area contributed by atoms with Crippen molar-refractivity contribution < 1.29 is 23.9 Å². The Bertz CT molecular complexity index is 726. The Hall–Kier alpha value is -3.29. The van der Waals surface area contributed by atoms with Crippen LogP contribution in [0.5, 0.6) is 0 Å². The van der Waals surface area contributed by atoms with Gasteiger partial charge in [-0.05, 0) is 24.3 Å². The number of aromatic nitrogens is 2. The molecule has 0 aliphatic carbocycles. The monoisotopic (exact) mass is 315 g/mol. The average Bonchev–Trinajstić information content (AvgIpc) is 2.61. The summed E-state index contributed by atoms with van der Waals surface area (Å²) < 4.78 is 9.06. The van der Waals surface area contributed by atoms with Gasteiger partial charge in [0, 0.05) is 6.20 Å². The molecule has 0 unspecified atom stereocenters. The number of amides is 1. The second kappa shape index (κ2) is 7.12. The third-order valence-electron chi connectivity index (χ3n) is 2.84. The lowest BCUT2D eigenvalue weighted by Crippen LogP contribution is -2.14. The standard InChI is InChI=1S/C15H13N3O5/c1-22-14(20)11-5-3-9(7-16-11)13(19)18-10-4-6-12(17-8-10)15(21)23-2/h3-8H,1-2H3,(H,18,19). The minimum atomic E-state index is -0.584. The van der Waals surface area contributed by atoms with Crippen LogP contribution in [0.3, 0.4) is 0 Å². The van der Waals surface area contributed by atoms with Gasteiger partial charge in [-0.1, -0.05) is 0 Å².